The Morgan fingerprint density at radius 1 is 1.67 bits per heavy atom. The summed E-state index contributed by atoms with van der Waals surface area (Å²) in [6.45, 7) is 2.44. The molecule has 2 aromatic heterocycles. The van der Waals surface area contributed by atoms with Crippen LogP contribution in [0.3, 0.4) is 0 Å². The molecule has 0 atom stereocenters. The van der Waals surface area contributed by atoms with E-state index in [1.54, 1.807) is 16.9 Å². The Kier molecular flexibility index (Phi) is 1.39. The minimum Gasteiger partial charge on any atom is -0.395 e. The number of nitrogen functional groups attached to an aromatic ring is 1. The summed E-state index contributed by atoms with van der Waals surface area (Å²) >= 11 is 0. The highest BCUT2D eigenvalue weighted by Crippen LogP contribution is 2.05. The molecule has 0 amide bonds. The number of imidazole rings is 1. The van der Waals surface area contributed by atoms with E-state index in [9.17, 15) is 0 Å². The van der Waals surface area contributed by atoms with Crippen molar-refractivity contribution in [2.45, 2.75) is 6.92 Å². The molecular formula is C6H9N5O. The van der Waals surface area contributed by atoms with E-state index in [2.05, 4.69) is 10.1 Å². The van der Waals surface area contributed by atoms with E-state index in [0.29, 0.717) is 12.6 Å². The van der Waals surface area contributed by atoms with Crippen LogP contribution in [0.25, 0.3) is 5.65 Å². The highest BCUT2D eigenvalue weighted by Gasteiger charge is 2.05. The fourth-order valence-electron chi connectivity index (χ4n) is 1.00. The SMILES string of the molecule is CCOn1ncn2c(N)ncc12. The van der Waals surface area contributed by atoms with Gasteiger partial charge in [-0.15, -0.1) is 5.10 Å². The van der Waals surface area contributed by atoms with Crippen molar-refractivity contribution in [3.8, 4) is 0 Å². The van der Waals surface area contributed by atoms with Crippen LogP contribution in [-0.2, 0) is 0 Å². The third-order valence-electron chi connectivity index (χ3n) is 1.53. The number of aromatic nitrogens is 4. The molecule has 0 aliphatic heterocycles. The highest BCUT2D eigenvalue weighted by molar-refractivity contribution is 5.42. The summed E-state index contributed by atoms with van der Waals surface area (Å²) in [5.41, 5.74) is 6.26. The van der Waals surface area contributed by atoms with Gasteiger partial charge in [-0.3, -0.25) is 0 Å². The zero-order valence-corrected chi connectivity index (χ0v) is 6.64. The maximum Gasteiger partial charge on any atom is 0.207 e. The van der Waals surface area contributed by atoms with Gasteiger partial charge in [-0.1, -0.05) is 4.85 Å². The lowest BCUT2D eigenvalue weighted by Crippen LogP contribution is -2.11. The van der Waals surface area contributed by atoms with E-state index in [-0.39, 0.29) is 0 Å². The first-order chi connectivity index (χ1) is 5.83. The maximum absolute atomic E-state index is 5.53. The summed E-state index contributed by atoms with van der Waals surface area (Å²) in [6, 6.07) is 0. The second kappa shape index (κ2) is 2.40. The van der Waals surface area contributed by atoms with Crippen LogP contribution in [0.4, 0.5) is 5.95 Å². The lowest BCUT2D eigenvalue weighted by molar-refractivity contribution is 0.102. The molecule has 12 heavy (non-hydrogen) atoms. The predicted molar refractivity (Wildman–Crippen MR) is 42.5 cm³/mol. The zero-order valence-electron chi connectivity index (χ0n) is 6.64. The Bertz CT molecular complexity index is 389. The first-order valence-corrected chi connectivity index (χ1v) is 3.62. The number of nitrogens with two attached hydrogens (primary N) is 1. The van der Waals surface area contributed by atoms with Crippen LogP contribution in [0.2, 0.25) is 0 Å². The van der Waals surface area contributed by atoms with E-state index in [4.69, 9.17) is 10.6 Å². The van der Waals surface area contributed by atoms with Crippen molar-refractivity contribution in [3.05, 3.63) is 12.5 Å². The minimum absolute atomic E-state index is 0.413. The number of nitrogens with zero attached hydrogens (tertiary/aromatic N) is 4. The topological polar surface area (TPSA) is 70.4 Å². The summed E-state index contributed by atoms with van der Waals surface area (Å²) in [7, 11) is 0. The number of anilines is 1. The molecule has 0 saturated carbocycles. The number of fused-ring (bicyclic) bond motifs is 1. The molecule has 0 aromatic carbocycles. The normalized spacial score (nSPS) is 10.8. The van der Waals surface area contributed by atoms with Crippen LogP contribution in [0.1, 0.15) is 6.92 Å². The van der Waals surface area contributed by atoms with Crippen molar-refractivity contribution in [1.29, 1.82) is 0 Å². The van der Waals surface area contributed by atoms with Gasteiger partial charge < -0.3 is 10.6 Å². The van der Waals surface area contributed by atoms with Gasteiger partial charge in [0.15, 0.2) is 5.65 Å². The van der Waals surface area contributed by atoms with E-state index >= 15 is 0 Å². The monoisotopic (exact) mass is 167 g/mol. The number of rotatable bonds is 2. The van der Waals surface area contributed by atoms with Crippen molar-refractivity contribution in [1.82, 2.24) is 19.3 Å². The smallest absolute Gasteiger partial charge is 0.207 e. The number of hydrogen-bond donors (Lipinski definition) is 1. The molecular weight excluding hydrogens is 158 g/mol. The average molecular weight is 167 g/mol. The summed E-state index contributed by atoms with van der Waals surface area (Å²) in [4.78, 5) is 10.5. The van der Waals surface area contributed by atoms with Crippen LogP contribution >= 0.6 is 0 Å². The molecule has 0 unspecified atom stereocenters. The first kappa shape index (κ1) is 6.96. The summed E-state index contributed by atoms with van der Waals surface area (Å²) < 4.78 is 1.65. The highest BCUT2D eigenvalue weighted by atomic mass is 16.7. The van der Waals surface area contributed by atoms with E-state index in [0.717, 1.165) is 5.65 Å². The van der Waals surface area contributed by atoms with Gasteiger partial charge in [-0.25, -0.2) is 9.38 Å². The Morgan fingerprint density at radius 3 is 3.25 bits per heavy atom. The summed E-state index contributed by atoms with van der Waals surface area (Å²) in [6.07, 6.45) is 3.17. The lowest BCUT2D eigenvalue weighted by atomic mass is 10.8. The van der Waals surface area contributed by atoms with Crippen LogP contribution in [-0.4, -0.2) is 25.9 Å². The molecule has 64 valence electrons. The van der Waals surface area contributed by atoms with E-state index in [1.807, 2.05) is 6.92 Å². The second-order valence-corrected chi connectivity index (χ2v) is 2.27. The second-order valence-electron chi connectivity index (χ2n) is 2.27. The van der Waals surface area contributed by atoms with Crippen molar-refractivity contribution >= 4 is 11.6 Å². The van der Waals surface area contributed by atoms with E-state index < -0.39 is 0 Å². The van der Waals surface area contributed by atoms with Crippen molar-refractivity contribution < 1.29 is 4.84 Å². The fraction of sp³-hybridized carbons (Fsp3) is 0.333. The van der Waals surface area contributed by atoms with Gasteiger partial charge in [-0.2, -0.15) is 0 Å². The molecule has 2 heterocycles. The van der Waals surface area contributed by atoms with Crippen molar-refractivity contribution in [2.24, 2.45) is 0 Å². The lowest BCUT2D eigenvalue weighted by Gasteiger charge is -1.98. The summed E-state index contributed by atoms with van der Waals surface area (Å²) in [5, 5.41) is 3.94. The largest absolute Gasteiger partial charge is 0.395 e. The van der Waals surface area contributed by atoms with Gasteiger partial charge in [0.2, 0.25) is 5.95 Å². The fourth-order valence-corrected chi connectivity index (χ4v) is 1.00. The van der Waals surface area contributed by atoms with E-state index in [1.165, 1.54) is 4.85 Å². The Labute approximate surface area is 68.5 Å². The summed E-state index contributed by atoms with van der Waals surface area (Å²) in [5.74, 6) is 0.413. The van der Waals surface area contributed by atoms with Crippen molar-refractivity contribution in [2.75, 3.05) is 12.3 Å². The van der Waals surface area contributed by atoms with Crippen molar-refractivity contribution in [3.63, 3.8) is 0 Å². The van der Waals surface area contributed by atoms with Gasteiger partial charge in [-0.05, 0) is 6.92 Å². The molecule has 0 aliphatic rings. The molecule has 6 heteroatoms. The third kappa shape index (κ3) is 0.810. The Hall–Kier alpha value is -1.72. The molecule has 2 N–H and O–H groups in total. The Morgan fingerprint density at radius 2 is 2.50 bits per heavy atom. The molecule has 0 saturated heterocycles. The maximum atomic E-state index is 5.53. The standard InChI is InChI=1S/C6H9N5O/c1-2-12-11-5-3-8-6(7)10(5)4-9-11/h3-4H,2H2,1H3,(H2,7,8). The molecule has 0 spiro atoms. The predicted octanol–water partition coefficient (Wildman–Crippen LogP) is -0.438. The van der Waals surface area contributed by atoms with Gasteiger partial charge >= 0.3 is 0 Å². The van der Waals surface area contributed by atoms with Gasteiger partial charge in [0, 0.05) is 0 Å². The van der Waals surface area contributed by atoms with Crippen LogP contribution in [0.15, 0.2) is 12.5 Å². The number of hydrogen-bond acceptors (Lipinski definition) is 4. The molecule has 2 aromatic rings. The van der Waals surface area contributed by atoms with Crippen LogP contribution in [0, 0.1) is 0 Å². The van der Waals surface area contributed by atoms with Crippen LogP contribution < -0.4 is 10.6 Å². The molecule has 0 aliphatic carbocycles. The zero-order chi connectivity index (χ0) is 8.55. The van der Waals surface area contributed by atoms with Gasteiger partial charge in [0.1, 0.15) is 12.9 Å². The Balaban J connectivity index is 2.55. The van der Waals surface area contributed by atoms with Gasteiger partial charge in [0.05, 0.1) is 6.20 Å². The average Bonchev–Trinajstić information content (AvgIpc) is 2.58. The van der Waals surface area contributed by atoms with Gasteiger partial charge in [0.25, 0.3) is 0 Å². The molecule has 0 radical (unpaired) electrons. The molecule has 0 bridgehead atoms. The quantitative estimate of drug-likeness (QED) is 0.658. The molecule has 0 fully saturated rings. The van der Waals surface area contributed by atoms with Crippen LogP contribution in [0.5, 0.6) is 0 Å². The third-order valence-corrected chi connectivity index (χ3v) is 1.53. The first-order valence-electron chi connectivity index (χ1n) is 3.62. The minimum atomic E-state index is 0.413. The molecule has 6 nitrogen and oxygen atoms in total. The molecule has 2 rings (SSSR count).